The minimum Gasteiger partial charge on any atom is -0.371 e. The fourth-order valence-corrected chi connectivity index (χ4v) is 3.76. The average Bonchev–Trinajstić information content (AvgIpc) is 3.34. The highest BCUT2D eigenvalue weighted by Gasteiger charge is 2.10. The molecule has 0 saturated carbocycles. The second-order valence-corrected chi connectivity index (χ2v) is 8.40. The molecule has 0 aliphatic rings. The van der Waals surface area contributed by atoms with Gasteiger partial charge in [0.15, 0.2) is 0 Å². The van der Waals surface area contributed by atoms with Crippen LogP contribution < -0.4 is 4.90 Å². The third-order valence-corrected chi connectivity index (χ3v) is 5.81. The van der Waals surface area contributed by atoms with Gasteiger partial charge < -0.3 is 4.90 Å². The fourth-order valence-electron chi connectivity index (χ4n) is 3.76. The third-order valence-electron chi connectivity index (χ3n) is 5.81. The maximum Gasteiger partial charge on any atom is 0.0690 e. The van der Waals surface area contributed by atoms with Gasteiger partial charge in [0.1, 0.15) is 0 Å². The maximum atomic E-state index is 3.42. The fraction of sp³-hybridized carbons (Fsp3) is 0.692. The van der Waals surface area contributed by atoms with Gasteiger partial charge in [-0.2, -0.15) is 0 Å². The Bertz CT molecular complexity index is 576. The Morgan fingerprint density at radius 3 is 1.80 bits per heavy atom. The van der Waals surface area contributed by atoms with Crippen LogP contribution in [0.25, 0.3) is 0 Å². The van der Waals surface area contributed by atoms with Crippen LogP contribution in [0.2, 0.25) is 0 Å². The van der Waals surface area contributed by atoms with Crippen molar-refractivity contribution in [3.05, 3.63) is 41.7 Å². The van der Waals surface area contributed by atoms with E-state index in [2.05, 4.69) is 66.2 Å². The first-order chi connectivity index (χ1) is 14.7. The topological polar surface area (TPSA) is 44.8 Å². The molecule has 1 N–H and O–H groups in total. The molecule has 1 heterocycles. The van der Waals surface area contributed by atoms with Crippen molar-refractivity contribution in [1.82, 2.24) is 15.4 Å². The number of anilines is 1. The molecular weight excluding hydrogens is 368 g/mol. The lowest BCUT2D eigenvalue weighted by atomic mass is 10.1. The number of hydrogen-bond acceptors (Lipinski definition) is 3. The van der Waals surface area contributed by atoms with Crippen LogP contribution in [0.5, 0.6) is 0 Å². The predicted molar refractivity (Wildman–Crippen MR) is 131 cm³/mol. The van der Waals surface area contributed by atoms with Gasteiger partial charge in [0.2, 0.25) is 0 Å². The Hall–Kier alpha value is -1.84. The van der Waals surface area contributed by atoms with Crippen molar-refractivity contribution in [2.45, 2.75) is 105 Å². The first-order valence-corrected chi connectivity index (χ1v) is 12.3. The van der Waals surface area contributed by atoms with Crippen molar-refractivity contribution in [3.8, 4) is 0 Å². The van der Waals surface area contributed by atoms with E-state index in [9.17, 15) is 0 Å². The largest absolute Gasteiger partial charge is 0.371 e. The molecule has 0 bridgehead atoms. The first kappa shape index (κ1) is 26.2. The first-order valence-electron chi connectivity index (χ1n) is 12.3. The number of unbranched alkanes of at least 4 members (excludes halogenated alkanes) is 10. The Labute approximate surface area is 185 Å². The van der Waals surface area contributed by atoms with Gasteiger partial charge in [-0.15, -0.1) is 5.10 Å². The van der Waals surface area contributed by atoms with Crippen LogP contribution in [0.4, 0.5) is 5.69 Å². The van der Waals surface area contributed by atoms with E-state index in [4.69, 9.17) is 0 Å². The molecule has 1 aromatic heterocycles. The van der Waals surface area contributed by atoms with E-state index in [1.165, 1.54) is 107 Å². The van der Waals surface area contributed by atoms with E-state index in [1.54, 1.807) is 12.4 Å². The molecule has 0 aliphatic heterocycles. The molecule has 0 fully saturated rings. The Balaban J connectivity index is 0.000000780. The highest BCUT2D eigenvalue weighted by atomic mass is 15.3. The number of aryl methyl sites for hydroxylation is 1. The van der Waals surface area contributed by atoms with Gasteiger partial charge in [-0.1, -0.05) is 95.4 Å². The van der Waals surface area contributed by atoms with Crippen molar-refractivity contribution >= 4 is 5.69 Å². The molecule has 0 amide bonds. The van der Waals surface area contributed by atoms with E-state index >= 15 is 0 Å². The summed E-state index contributed by atoms with van der Waals surface area (Å²) >= 11 is 0. The zero-order chi connectivity index (χ0) is 21.9. The van der Waals surface area contributed by atoms with E-state index in [1.807, 2.05) is 0 Å². The SMILES string of the molecule is CCCCCCCCN(CCCCCCCC)c1cccc(C)c1C.c1c[nH]nn1. The number of rotatable bonds is 15. The minimum atomic E-state index is 1.23. The lowest BCUT2D eigenvalue weighted by molar-refractivity contribution is 0.574. The molecule has 0 spiro atoms. The number of aromatic nitrogens is 3. The summed E-state index contributed by atoms with van der Waals surface area (Å²) in [5.41, 5.74) is 4.37. The second kappa shape index (κ2) is 18.0. The normalized spacial score (nSPS) is 10.5. The van der Waals surface area contributed by atoms with Crippen molar-refractivity contribution < 1.29 is 0 Å². The highest BCUT2D eigenvalue weighted by molar-refractivity contribution is 5.55. The number of nitrogens with zero attached hydrogens (tertiary/aromatic N) is 3. The van der Waals surface area contributed by atoms with Gasteiger partial charge in [-0.05, 0) is 43.9 Å². The van der Waals surface area contributed by atoms with Crippen molar-refractivity contribution in [1.29, 1.82) is 0 Å². The second-order valence-electron chi connectivity index (χ2n) is 8.40. The molecule has 4 heteroatoms. The summed E-state index contributed by atoms with van der Waals surface area (Å²) in [6.07, 6.45) is 19.8. The Morgan fingerprint density at radius 1 is 0.767 bits per heavy atom. The summed E-state index contributed by atoms with van der Waals surface area (Å²) in [4.78, 5) is 2.67. The summed E-state index contributed by atoms with van der Waals surface area (Å²) in [7, 11) is 0. The zero-order valence-electron chi connectivity index (χ0n) is 20.1. The van der Waals surface area contributed by atoms with Crippen LogP contribution in [0.1, 0.15) is 102 Å². The molecule has 0 radical (unpaired) electrons. The van der Waals surface area contributed by atoms with E-state index in [0.717, 1.165) is 0 Å². The van der Waals surface area contributed by atoms with E-state index in [-0.39, 0.29) is 0 Å². The van der Waals surface area contributed by atoms with Crippen molar-refractivity contribution in [3.63, 3.8) is 0 Å². The van der Waals surface area contributed by atoms with Gasteiger partial charge in [-0.3, -0.25) is 5.10 Å². The number of hydrogen-bond donors (Lipinski definition) is 1. The predicted octanol–water partition coefficient (Wildman–Crippen LogP) is 7.64. The van der Waals surface area contributed by atoms with Crippen LogP contribution in [0.3, 0.4) is 0 Å². The van der Waals surface area contributed by atoms with Gasteiger partial charge in [-0.25, -0.2) is 0 Å². The number of aromatic amines is 1. The molecular formula is C26H46N4. The molecule has 2 aromatic rings. The monoisotopic (exact) mass is 414 g/mol. The summed E-state index contributed by atoms with van der Waals surface area (Å²) in [6.45, 7) is 11.6. The van der Waals surface area contributed by atoms with Crippen molar-refractivity contribution in [2.24, 2.45) is 0 Å². The van der Waals surface area contributed by atoms with Gasteiger partial charge >= 0.3 is 0 Å². The summed E-state index contributed by atoms with van der Waals surface area (Å²) in [5, 5.41) is 9.26. The molecule has 0 aliphatic carbocycles. The molecule has 1 aromatic carbocycles. The minimum absolute atomic E-state index is 1.23. The molecule has 30 heavy (non-hydrogen) atoms. The molecule has 4 nitrogen and oxygen atoms in total. The van der Waals surface area contributed by atoms with Gasteiger partial charge in [0.25, 0.3) is 0 Å². The van der Waals surface area contributed by atoms with Gasteiger partial charge in [0, 0.05) is 25.0 Å². The van der Waals surface area contributed by atoms with Crippen LogP contribution in [0.15, 0.2) is 30.6 Å². The number of benzene rings is 1. The number of H-pyrrole nitrogens is 1. The number of nitrogens with one attached hydrogen (secondary N) is 1. The highest BCUT2D eigenvalue weighted by Crippen LogP contribution is 2.24. The summed E-state index contributed by atoms with van der Waals surface area (Å²) in [6, 6.07) is 6.80. The summed E-state index contributed by atoms with van der Waals surface area (Å²) in [5.74, 6) is 0. The average molecular weight is 415 g/mol. The molecule has 170 valence electrons. The Kier molecular flexibility index (Phi) is 15.7. The quantitative estimate of drug-likeness (QED) is 0.305. The smallest absolute Gasteiger partial charge is 0.0690 e. The molecule has 2 rings (SSSR count). The van der Waals surface area contributed by atoms with Crippen LogP contribution in [-0.4, -0.2) is 28.5 Å². The molecule has 0 saturated heterocycles. The molecule has 0 unspecified atom stereocenters. The zero-order valence-corrected chi connectivity index (χ0v) is 20.1. The van der Waals surface area contributed by atoms with Crippen LogP contribution in [-0.2, 0) is 0 Å². The standard InChI is InChI=1S/C24H43N.C2H3N3/c1-5-7-9-11-13-15-20-25(21-16-14-12-10-8-6-2)24-19-17-18-22(3)23(24)4;1-2-4-5-3-1/h17-19H,5-16,20-21H2,1-4H3;1-2H,(H,3,4,5). The molecule has 0 atom stereocenters. The van der Waals surface area contributed by atoms with Crippen LogP contribution >= 0.6 is 0 Å². The van der Waals surface area contributed by atoms with E-state index in [0.29, 0.717) is 0 Å². The van der Waals surface area contributed by atoms with Gasteiger partial charge in [0.05, 0.1) is 6.20 Å². The maximum absolute atomic E-state index is 3.42. The van der Waals surface area contributed by atoms with Crippen molar-refractivity contribution in [2.75, 3.05) is 18.0 Å². The Morgan fingerprint density at radius 2 is 1.33 bits per heavy atom. The lowest BCUT2D eigenvalue weighted by Gasteiger charge is -2.27. The summed E-state index contributed by atoms with van der Waals surface area (Å²) < 4.78 is 0. The van der Waals surface area contributed by atoms with E-state index < -0.39 is 0 Å². The lowest BCUT2D eigenvalue weighted by Crippen LogP contribution is -2.26. The third kappa shape index (κ3) is 12.0. The van der Waals surface area contributed by atoms with Crippen LogP contribution in [0, 0.1) is 13.8 Å².